The van der Waals surface area contributed by atoms with E-state index in [1.54, 1.807) is 0 Å². The molecule has 9 nitrogen and oxygen atoms in total. The first-order chi connectivity index (χ1) is 14.1. The van der Waals surface area contributed by atoms with Gasteiger partial charge in [0.2, 0.25) is 0 Å². The molecule has 0 heterocycles. The first-order valence-electron chi connectivity index (χ1n) is 10.4. The number of aliphatic hydroxyl groups is 2. The van der Waals surface area contributed by atoms with Gasteiger partial charge in [0.15, 0.2) is 0 Å². The van der Waals surface area contributed by atoms with E-state index >= 15 is 0 Å². The van der Waals surface area contributed by atoms with E-state index in [1.807, 2.05) is 0 Å². The maximum absolute atomic E-state index is 9.90. The number of hydrogen-bond acceptors (Lipinski definition) is 7. The predicted octanol–water partition coefficient (Wildman–Crippen LogP) is 2.18. The average molecular weight is 539 g/mol. The van der Waals surface area contributed by atoms with E-state index < -0.39 is 44.0 Å². The van der Waals surface area contributed by atoms with E-state index in [0.717, 1.165) is 19.8 Å². The van der Waals surface area contributed by atoms with Gasteiger partial charge in [-0.25, -0.2) is 0 Å². The third-order valence-corrected chi connectivity index (χ3v) is 1.70. The van der Waals surface area contributed by atoms with Crippen molar-refractivity contribution >= 4 is 5.78 Å². The zero-order valence-electron chi connectivity index (χ0n) is 20.9. The van der Waals surface area contributed by atoms with Crippen LogP contribution in [0.3, 0.4) is 0 Å². The molecule has 0 aliphatic rings. The van der Waals surface area contributed by atoms with Crippen LogP contribution < -0.4 is 5.32 Å². The van der Waals surface area contributed by atoms with Gasteiger partial charge in [-0.1, -0.05) is 18.9 Å². The van der Waals surface area contributed by atoms with Crippen LogP contribution in [0.5, 0.6) is 0 Å². The number of Topliss-reactive ketones (excluding diaryl/α,β-unsaturated/α-hetero) is 1. The first-order valence-corrected chi connectivity index (χ1v) is 8.77. The van der Waals surface area contributed by atoms with Crippen molar-refractivity contribution in [1.82, 2.24) is 5.32 Å². The summed E-state index contributed by atoms with van der Waals surface area (Å²) in [6.07, 6.45) is 2.81. The minimum atomic E-state index is -2.39. The van der Waals surface area contributed by atoms with Gasteiger partial charge in [-0.05, 0) is 51.5 Å². The standard InChI is InChI=1S/C7H17NO.C4H9N3O.C3H6O.2O.Pt/c1-7(2)8-5-3-4-6-9;5-7-6-3-1-2-4-8;1-3(2)4;;;/h7-9H,3-6H2,1-2H3;8H,1-4H2;1-2H3;;;/i1D3,7D;;1D3;;;. The molecule has 0 spiro atoms. The Hall–Kier alpha value is -0.852. The van der Waals surface area contributed by atoms with E-state index in [4.69, 9.17) is 32.1 Å². The molecule has 0 saturated carbocycles. The number of hydrogen-bond donors (Lipinski definition) is 3. The second-order valence-corrected chi connectivity index (χ2v) is 4.36. The second-order valence-electron chi connectivity index (χ2n) is 3.98. The molecule has 0 bridgehead atoms. The van der Waals surface area contributed by atoms with Gasteiger partial charge in [-0.2, -0.15) is 0 Å². The van der Waals surface area contributed by atoms with Crippen LogP contribution in [-0.2, 0) is 30.1 Å². The van der Waals surface area contributed by atoms with Gasteiger partial charge in [0.1, 0.15) is 5.78 Å². The van der Waals surface area contributed by atoms with E-state index in [9.17, 15) is 4.79 Å². The quantitative estimate of drug-likeness (QED) is 0.177. The molecule has 0 amide bonds. The Morgan fingerprint density at radius 1 is 1.33 bits per heavy atom. The molecule has 148 valence electrons. The molecule has 1 unspecified atom stereocenters. The van der Waals surface area contributed by atoms with Crippen molar-refractivity contribution in [2.24, 2.45) is 5.11 Å². The zero-order chi connectivity index (χ0) is 25.6. The van der Waals surface area contributed by atoms with Crippen LogP contribution in [0.15, 0.2) is 5.11 Å². The fraction of sp³-hybridized carbons (Fsp3) is 0.929. The monoisotopic (exact) mass is 538 g/mol. The molecule has 0 fully saturated rings. The zero-order valence-corrected chi connectivity index (χ0v) is 16.2. The van der Waals surface area contributed by atoms with E-state index in [0.29, 0.717) is 25.9 Å². The molecule has 0 aliphatic heterocycles. The van der Waals surface area contributed by atoms with Gasteiger partial charge >= 0.3 is 25.3 Å². The summed E-state index contributed by atoms with van der Waals surface area (Å²) in [6, 6.07) is -1.59. The Balaban J connectivity index is -0.000000174. The summed E-state index contributed by atoms with van der Waals surface area (Å²) in [7, 11) is 0. The topological polar surface area (TPSA) is 152 Å². The molecule has 24 heavy (non-hydrogen) atoms. The third-order valence-electron chi connectivity index (χ3n) is 1.70. The summed E-state index contributed by atoms with van der Waals surface area (Å²) in [5, 5.41) is 22.6. The van der Waals surface area contributed by atoms with Crippen molar-refractivity contribution in [2.45, 2.75) is 59.3 Å². The van der Waals surface area contributed by atoms with Gasteiger partial charge in [-0.3, -0.25) is 0 Å². The number of nitrogens with one attached hydrogen (secondary N) is 1. The number of ketones is 1. The van der Waals surface area contributed by atoms with E-state index in [1.165, 1.54) is 6.92 Å². The Morgan fingerprint density at radius 3 is 2.21 bits per heavy atom. The third kappa shape index (κ3) is 83.4. The normalized spacial score (nSPS) is 16.4. The number of nitrogens with zero attached hydrogens (tertiary/aromatic N) is 3. The summed E-state index contributed by atoms with van der Waals surface area (Å²) in [6.45, 7) is -1.10. The van der Waals surface area contributed by atoms with Gasteiger partial charge in [0, 0.05) is 40.3 Å². The van der Waals surface area contributed by atoms with Gasteiger partial charge in [0.05, 0.1) is 0 Å². The molecule has 1 atom stereocenters. The molecule has 0 saturated heterocycles. The number of carbonyl (C=O) groups excluding carboxylic acids is 1. The van der Waals surface area contributed by atoms with Crippen molar-refractivity contribution in [3.8, 4) is 0 Å². The molecule has 10 heteroatoms. The van der Waals surface area contributed by atoms with Crippen molar-refractivity contribution in [3.63, 3.8) is 0 Å². The number of azide groups is 1. The molecule has 0 aliphatic carbocycles. The Labute approximate surface area is 162 Å². The molecule has 3 N–H and O–H groups in total. The molecule has 0 aromatic heterocycles. The maximum atomic E-state index is 9.90. The summed E-state index contributed by atoms with van der Waals surface area (Å²) in [5.74, 6) is -0.757. The number of rotatable bonds is 9. The van der Waals surface area contributed by atoms with E-state index in [2.05, 4.69) is 15.3 Å². The molecule has 0 aromatic rings. The number of unbranched alkanes of at least 4 members (excludes halogenated alkanes) is 2. The van der Waals surface area contributed by atoms with Crippen LogP contribution in [0.1, 0.15) is 62.8 Å². The fourth-order valence-corrected chi connectivity index (χ4v) is 0.852. The summed E-state index contributed by atoms with van der Waals surface area (Å²) < 4.78 is 64.7. The van der Waals surface area contributed by atoms with Crippen molar-refractivity contribution in [3.05, 3.63) is 10.4 Å². The second kappa shape index (κ2) is 33.7. The Kier molecular flexibility index (Phi) is 23.3. The Morgan fingerprint density at radius 2 is 1.83 bits per heavy atom. The molecule has 0 rings (SSSR count). The van der Waals surface area contributed by atoms with Crippen LogP contribution in [0.25, 0.3) is 10.4 Å². The van der Waals surface area contributed by atoms with Crippen LogP contribution in [0, 0.1) is 0 Å². The number of aliphatic hydroxyl groups excluding tert-OH is 2. The molecular weight excluding hydrogens is 499 g/mol. The summed E-state index contributed by atoms with van der Waals surface area (Å²) >= 11 is -1.92. The van der Waals surface area contributed by atoms with Crippen LogP contribution in [-0.4, -0.2) is 48.3 Å². The predicted molar refractivity (Wildman–Crippen MR) is 87.5 cm³/mol. The van der Waals surface area contributed by atoms with Gasteiger partial charge in [-0.15, -0.1) is 0 Å². The van der Waals surface area contributed by atoms with Crippen molar-refractivity contribution in [1.29, 1.82) is 0 Å². The summed E-state index contributed by atoms with van der Waals surface area (Å²) in [5.41, 5.74) is 7.76. The van der Waals surface area contributed by atoms with Crippen LogP contribution in [0.4, 0.5) is 0 Å². The fourth-order valence-electron chi connectivity index (χ4n) is 0.852. The van der Waals surface area contributed by atoms with Crippen molar-refractivity contribution < 1.29 is 49.9 Å². The van der Waals surface area contributed by atoms with Gasteiger partial charge < -0.3 is 20.3 Å². The Bertz CT molecular complexity index is 536. The van der Waals surface area contributed by atoms with Crippen LogP contribution in [0.2, 0.25) is 0 Å². The minimum absolute atomic E-state index is 0.101. The molecular formula is C14H32N4O5Pt. The molecule has 0 radical (unpaired) electrons. The average Bonchev–Trinajstić information content (AvgIpc) is 2.62. The van der Waals surface area contributed by atoms with E-state index in [-0.39, 0.29) is 13.2 Å². The molecule has 0 aromatic carbocycles. The SMILES string of the molecule is [2H]C([2H])([2H])C(C)=O.[2H]C([2H])([2H])C([2H])(C)NCCCCO.[N-]=[N+]=NCCCCO.[O]=[Pt]=[O]. The van der Waals surface area contributed by atoms with Gasteiger partial charge in [0.25, 0.3) is 0 Å². The van der Waals surface area contributed by atoms with Crippen LogP contribution >= 0.6 is 0 Å². The number of carbonyl (C=O) groups is 1. The first kappa shape index (κ1) is 16.6. The van der Waals surface area contributed by atoms with Crippen molar-refractivity contribution in [2.75, 3.05) is 26.3 Å². The summed E-state index contributed by atoms with van der Waals surface area (Å²) in [4.78, 5) is 12.5.